The Kier molecular flexibility index (Phi) is 5.55. The minimum atomic E-state index is -0.567. The number of nitrogens with one attached hydrogen (secondary N) is 1. The van der Waals surface area contributed by atoms with Gasteiger partial charge in [-0.2, -0.15) is 5.10 Å². The Balaban J connectivity index is 1.60. The monoisotopic (exact) mass is 495 g/mol. The molecule has 170 valence electrons. The number of halogens is 3. The first kappa shape index (κ1) is 22.1. The molecule has 1 N–H and O–H groups in total. The quantitative estimate of drug-likeness (QED) is 0.375. The Labute approximate surface area is 202 Å². The molecule has 0 spiro atoms. The summed E-state index contributed by atoms with van der Waals surface area (Å²) in [5, 5.41) is 5.47. The number of benzene rings is 2. The molecule has 0 aliphatic heterocycles. The van der Waals surface area contributed by atoms with E-state index >= 15 is 0 Å². The highest BCUT2D eigenvalue weighted by Gasteiger charge is 2.19. The fraction of sp³-hybridized carbons (Fsp3) is 0.0833. The first-order chi connectivity index (χ1) is 16.4. The molecule has 2 aromatic carbocycles. The van der Waals surface area contributed by atoms with Crippen molar-refractivity contribution >= 4 is 45.7 Å². The number of nitrogens with zero attached hydrogens (tertiary/aromatic N) is 4. The number of carbonyl (C=O) groups is 1. The summed E-state index contributed by atoms with van der Waals surface area (Å²) >= 11 is 12.0. The number of hydrogen-bond acceptors (Lipinski definition) is 4. The Morgan fingerprint density at radius 1 is 1.12 bits per heavy atom. The topological polar surface area (TPSA) is 81.3 Å². The molecule has 0 fully saturated rings. The van der Waals surface area contributed by atoms with Crippen molar-refractivity contribution in [2.24, 2.45) is 0 Å². The number of aromatic nitrogens is 4. The molecule has 5 rings (SSSR count). The van der Waals surface area contributed by atoms with Gasteiger partial charge in [0.15, 0.2) is 5.65 Å². The lowest BCUT2D eigenvalue weighted by molar-refractivity contribution is 0.101. The van der Waals surface area contributed by atoms with E-state index in [-0.39, 0.29) is 21.8 Å². The second-order valence-electron chi connectivity index (χ2n) is 7.53. The molecule has 0 aliphatic carbocycles. The van der Waals surface area contributed by atoms with Crippen LogP contribution in [0.1, 0.15) is 23.0 Å². The Bertz CT molecular complexity index is 1640. The van der Waals surface area contributed by atoms with E-state index in [9.17, 15) is 14.0 Å². The largest absolute Gasteiger partial charge is 0.280 e. The predicted molar refractivity (Wildman–Crippen MR) is 130 cm³/mol. The Morgan fingerprint density at radius 2 is 1.88 bits per heavy atom. The summed E-state index contributed by atoms with van der Waals surface area (Å²) in [6.45, 7) is 1.96. The zero-order valence-electron chi connectivity index (χ0n) is 17.7. The van der Waals surface area contributed by atoms with Gasteiger partial charge in [0.05, 0.1) is 27.2 Å². The molecular weight excluding hydrogens is 480 g/mol. The smallest absolute Gasteiger partial charge is 0.267 e. The van der Waals surface area contributed by atoms with Crippen LogP contribution >= 0.6 is 23.2 Å². The van der Waals surface area contributed by atoms with Crippen molar-refractivity contribution in [3.05, 3.63) is 98.4 Å². The summed E-state index contributed by atoms with van der Waals surface area (Å²) in [5.74, 6) is -0.901. The van der Waals surface area contributed by atoms with Crippen LogP contribution in [0.2, 0.25) is 10.0 Å². The maximum atomic E-state index is 13.4. The van der Waals surface area contributed by atoms with Crippen molar-refractivity contribution in [2.45, 2.75) is 13.3 Å². The molecule has 0 radical (unpaired) electrons. The summed E-state index contributed by atoms with van der Waals surface area (Å²) in [6.07, 6.45) is 3.50. The van der Waals surface area contributed by atoms with Gasteiger partial charge in [-0.05, 0) is 48.4 Å². The molecule has 0 unspecified atom stereocenters. The summed E-state index contributed by atoms with van der Waals surface area (Å²) in [5.41, 5.74) is 5.61. The molecule has 5 aromatic rings. The van der Waals surface area contributed by atoms with Crippen molar-refractivity contribution in [3.63, 3.8) is 0 Å². The first-order valence-corrected chi connectivity index (χ1v) is 11.1. The number of pyridine rings is 1. The van der Waals surface area contributed by atoms with E-state index in [0.717, 1.165) is 21.5 Å². The third kappa shape index (κ3) is 3.70. The highest BCUT2D eigenvalue weighted by molar-refractivity contribution is 6.37. The van der Waals surface area contributed by atoms with E-state index < -0.39 is 11.5 Å². The SMILES string of the molecule is CCc1nn2c(ncc3c(=O)n(NC(=O)c4ccc(Cl)cc4Cl)ccc32)c1-c1ccc(F)cc1. The van der Waals surface area contributed by atoms with E-state index in [0.29, 0.717) is 22.6 Å². The standard InChI is InChI=1S/C24H16Cl2FN5O2/c1-2-19-21(13-3-6-15(27)7-4-13)22-28-12-17-20(32(22)29-19)9-10-31(24(17)34)30-23(33)16-8-5-14(25)11-18(16)26/h3-12H,2H2,1H3,(H,30,33). The number of aryl methyl sites for hydroxylation is 1. The van der Waals surface area contributed by atoms with E-state index in [1.54, 1.807) is 22.7 Å². The minimum Gasteiger partial charge on any atom is -0.267 e. The molecule has 0 aliphatic rings. The van der Waals surface area contributed by atoms with Gasteiger partial charge in [0.25, 0.3) is 11.5 Å². The molecule has 3 heterocycles. The molecule has 34 heavy (non-hydrogen) atoms. The van der Waals surface area contributed by atoms with Gasteiger partial charge < -0.3 is 0 Å². The van der Waals surface area contributed by atoms with Crippen LogP contribution in [0.3, 0.4) is 0 Å². The molecule has 0 bridgehead atoms. The molecule has 10 heteroatoms. The zero-order chi connectivity index (χ0) is 24.0. The van der Waals surface area contributed by atoms with Gasteiger partial charge in [-0.25, -0.2) is 18.6 Å². The van der Waals surface area contributed by atoms with Crippen molar-refractivity contribution < 1.29 is 9.18 Å². The van der Waals surface area contributed by atoms with Gasteiger partial charge >= 0.3 is 0 Å². The number of hydrogen-bond donors (Lipinski definition) is 1. The maximum Gasteiger partial charge on any atom is 0.280 e. The minimum absolute atomic E-state index is 0.166. The van der Waals surface area contributed by atoms with Crippen LogP contribution in [0.4, 0.5) is 4.39 Å². The lowest BCUT2D eigenvalue weighted by Crippen LogP contribution is -2.33. The van der Waals surface area contributed by atoms with E-state index in [2.05, 4.69) is 15.5 Å². The fourth-order valence-electron chi connectivity index (χ4n) is 3.80. The summed E-state index contributed by atoms with van der Waals surface area (Å²) in [4.78, 5) is 30.3. The van der Waals surface area contributed by atoms with Crippen LogP contribution in [-0.4, -0.2) is 25.2 Å². The predicted octanol–water partition coefficient (Wildman–Crippen LogP) is 5.10. The average Bonchev–Trinajstić information content (AvgIpc) is 3.20. The maximum absolute atomic E-state index is 13.4. The third-order valence-electron chi connectivity index (χ3n) is 5.45. The van der Waals surface area contributed by atoms with Gasteiger partial charge in [0.1, 0.15) is 5.82 Å². The third-order valence-corrected chi connectivity index (χ3v) is 6.00. The van der Waals surface area contributed by atoms with Gasteiger partial charge in [-0.3, -0.25) is 15.0 Å². The summed E-state index contributed by atoms with van der Waals surface area (Å²) < 4.78 is 16.1. The van der Waals surface area contributed by atoms with Crippen LogP contribution in [0.15, 0.2) is 65.7 Å². The molecular formula is C24H16Cl2FN5O2. The van der Waals surface area contributed by atoms with Gasteiger partial charge in [-0.1, -0.05) is 42.3 Å². The molecule has 0 saturated carbocycles. The van der Waals surface area contributed by atoms with E-state index in [4.69, 9.17) is 23.2 Å². The molecule has 3 aromatic heterocycles. The molecule has 0 atom stereocenters. The molecule has 0 saturated heterocycles. The highest BCUT2D eigenvalue weighted by Crippen LogP contribution is 2.29. The van der Waals surface area contributed by atoms with Crippen molar-refractivity contribution in [1.82, 2.24) is 19.3 Å². The first-order valence-electron chi connectivity index (χ1n) is 10.3. The molecule has 7 nitrogen and oxygen atoms in total. The van der Waals surface area contributed by atoms with Crippen LogP contribution < -0.4 is 11.0 Å². The second kappa shape index (κ2) is 8.55. The lowest BCUT2D eigenvalue weighted by atomic mass is 10.0. The number of rotatable bonds is 4. The Morgan fingerprint density at radius 3 is 2.59 bits per heavy atom. The van der Waals surface area contributed by atoms with Crippen LogP contribution in [0, 0.1) is 5.82 Å². The van der Waals surface area contributed by atoms with Crippen LogP contribution in [-0.2, 0) is 6.42 Å². The van der Waals surface area contributed by atoms with Crippen molar-refractivity contribution in [1.29, 1.82) is 0 Å². The van der Waals surface area contributed by atoms with Crippen molar-refractivity contribution in [2.75, 3.05) is 5.43 Å². The number of fused-ring (bicyclic) bond motifs is 3. The lowest BCUT2D eigenvalue weighted by Gasteiger charge is -2.11. The normalized spacial score (nSPS) is 11.3. The van der Waals surface area contributed by atoms with E-state index in [1.807, 2.05) is 6.92 Å². The summed E-state index contributed by atoms with van der Waals surface area (Å²) in [7, 11) is 0. The number of carbonyl (C=O) groups excluding carboxylic acids is 1. The summed E-state index contributed by atoms with van der Waals surface area (Å²) in [6, 6.07) is 12.2. The van der Waals surface area contributed by atoms with Gasteiger partial charge in [0.2, 0.25) is 0 Å². The van der Waals surface area contributed by atoms with Crippen LogP contribution in [0.25, 0.3) is 27.7 Å². The second-order valence-corrected chi connectivity index (χ2v) is 8.37. The highest BCUT2D eigenvalue weighted by atomic mass is 35.5. The fourth-order valence-corrected chi connectivity index (χ4v) is 4.30. The van der Waals surface area contributed by atoms with Crippen molar-refractivity contribution in [3.8, 4) is 11.1 Å². The zero-order valence-corrected chi connectivity index (χ0v) is 19.2. The number of amides is 1. The van der Waals surface area contributed by atoms with Gasteiger partial charge in [-0.15, -0.1) is 0 Å². The van der Waals surface area contributed by atoms with Crippen LogP contribution in [0.5, 0.6) is 0 Å². The average molecular weight is 496 g/mol. The van der Waals surface area contributed by atoms with Gasteiger partial charge in [0, 0.05) is 23.0 Å². The Hall–Kier alpha value is -3.75. The molecule has 1 amide bonds. The van der Waals surface area contributed by atoms with E-state index in [1.165, 1.54) is 42.7 Å².